The molecule has 0 saturated carbocycles. The van der Waals surface area contributed by atoms with Crippen LogP contribution in [0.2, 0.25) is 5.02 Å². The van der Waals surface area contributed by atoms with Gasteiger partial charge in [0.25, 0.3) is 0 Å². The Morgan fingerprint density at radius 2 is 1.60 bits per heavy atom. The number of nitrogens with zero attached hydrogens (tertiary/aromatic N) is 1. The van der Waals surface area contributed by atoms with Crippen LogP contribution in [0.25, 0.3) is 22.3 Å². The molecule has 9 heteroatoms. The standard InChI is InChI=1S/C26H23ClN4O3S/c1-32-19-12-15(13-20(33-2)24(19)34-3)23-21(25-28-17-6-4-5-7-18(17)29-25)22(30-26(35)31-23)14-8-10-16(27)11-9-14/h4-13,22H,1-3H3,(H,28,29)(H2,30,31,35)/t22-/m1/s1. The van der Waals surface area contributed by atoms with Crippen molar-refractivity contribution in [1.29, 1.82) is 0 Å². The Hall–Kier alpha value is -3.75. The molecule has 1 aliphatic rings. The van der Waals surface area contributed by atoms with Gasteiger partial charge in [-0.3, -0.25) is 0 Å². The van der Waals surface area contributed by atoms with E-state index in [1.165, 1.54) is 0 Å². The van der Waals surface area contributed by atoms with Gasteiger partial charge in [-0.25, -0.2) is 4.98 Å². The summed E-state index contributed by atoms with van der Waals surface area (Å²) in [4.78, 5) is 8.36. The first-order chi connectivity index (χ1) is 17.0. The van der Waals surface area contributed by atoms with Crippen LogP contribution in [0, 0.1) is 0 Å². The van der Waals surface area contributed by atoms with E-state index in [0.29, 0.717) is 33.2 Å². The van der Waals surface area contributed by atoms with E-state index in [1.54, 1.807) is 21.3 Å². The van der Waals surface area contributed by atoms with Gasteiger partial charge >= 0.3 is 0 Å². The highest BCUT2D eigenvalue weighted by Crippen LogP contribution is 2.43. The highest BCUT2D eigenvalue weighted by molar-refractivity contribution is 7.80. The summed E-state index contributed by atoms with van der Waals surface area (Å²) < 4.78 is 16.7. The van der Waals surface area contributed by atoms with Gasteiger partial charge in [-0.1, -0.05) is 35.9 Å². The number of thiocarbonyl (C=S) groups is 1. The van der Waals surface area contributed by atoms with Crippen molar-refractivity contribution in [3.63, 3.8) is 0 Å². The number of rotatable bonds is 6. The zero-order valence-electron chi connectivity index (χ0n) is 19.3. The quantitative estimate of drug-likeness (QED) is 0.305. The minimum Gasteiger partial charge on any atom is -0.493 e. The van der Waals surface area contributed by atoms with Gasteiger partial charge in [0.05, 0.1) is 44.1 Å². The zero-order chi connectivity index (χ0) is 24.5. The van der Waals surface area contributed by atoms with Crippen molar-refractivity contribution in [3.05, 3.63) is 82.6 Å². The lowest BCUT2D eigenvalue weighted by atomic mass is 9.92. The van der Waals surface area contributed by atoms with Crippen LogP contribution >= 0.6 is 23.8 Å². The highest BCUT2D eigenvalue weighted by Gasteiger charge is 2.31. The van der Waals surface area contributed by atoms with E-state index in [9.17, 15) is 0 Å². The Labute approximate surface area is 213 Å². The van der Waals surface area contributed by atoms with Crippen molar-refractivity contribution < 1.29 is 14.2 Å². The fourth-order valence-electron chi connectivity index (χ4n) is 4.26. The van der Waals surface area contributed by atoms with Gasteiger partial charge in [0, 0.05) is 16.2 Å². The highest BCUT2D eigenvalue weighted by atomic mass is 35.5. The van der Waals surface area contributed by atoms with Crippen LogP contribution in [0.1, 0.15) is 23.0 Å². The van der Waals surface area contributed by atoms with E-state index in [0.717, 1.165) is 33.4 Å². The second-order valence-corrected chi connectivity index (χ2v) is 8.73. The Morgan fingerprint density at radius 1 is 0.914 bits per heavy atom. The van der Waals surface area contributed by atoms with E-state index < -0.39 is 0 Å². The predicted molar refractivity (Wildman–Crippen MR) is 142 cm³/mol. The van der Waals surface area contributed by atoms with Crippen molar-refractivity contribution in [2.75, 3.05) is 21.3 Å². The van der Waals surface area contributed by atoms with E-state index in [4.69, 9.17) is 43.0 Å². The molecule has 7 nitrogen and oxygen atoms in total. The van der Waals surface area contributed by atoms with Gasteiger partial charge < -0.3 is 29.8 Å². The van der Waals surface area contributed by atoms with Gasteiger partial charge in [0.2, 0.25) is 5.75 Å². The second kappa shape index (κ2) is 9.48. The lowest BCUT2D eigenvalue weighted by Gasteiger charge is -2.32. The molecule has 0 fully saturated rings. The summed E-state index contributed by atoms with van der Waals surface area (Å²) in [6, 6.07) is 19.1. The SMILES string of the molecule is COc1cc(C2=C(c3nc4ccccc4[nH]3)[C@@H](c3ccc(Cl)cc3)NC(=S)N2)cc(OC)c1OC. The molecular weight excluding hydrogens is 484 g/mol. The van der Waals surface area contributed by atoms with Crippen LogP contribution in [0.5, 0.6) is 17.2 Å². The third kappa shape index (κ3) is 4.26. The Morgan fingerprint density at radius 3 is 2.23 bits per heavy atom. The van der Waals surface area contributed by atoms with Crippen LogP contribution in [0.15, 0.2) is 60.7 Å². The van der Waals surface area contributed by atoms with Crippen LogP contribution in [-0.4, -0.2) is 36.4 Å². The maximum Gasteiger partial charge on any atom is 0.203 e. The molecule has 5 rings (SSSR count). The van der Waals surface area contributed by atoms with Crippen molar-refractivity contribution >= 4 is 51.2 Å². The normalized spacial score (nSPS) is 15.5. The lowest BCUT2D eigenvalue weighted by Crippen LogP contribution is -2.43. The molecule has 0 aliphatic carbocycles. The largest absolute Gasteiger partial charge is 0.493 e. The number of fused-ring (bicyclic) bond motifs is 1. The second-order valence-electron chi connectivity index (χ2n) is 7.89. The summed E-state index contributed by atoms with van der Waals surface area (Å²) in [7, 11) is 4.76. The monoisotopic (exact) mass is 506 g/mol. The number of imidazole rings is 1. The molecule has 3 N–H and O–H groups in total. The van der Waals surface area contributed by atoms with Crippen molar-refractivity contribution in [3.8, 4) is 17.2 Å². The molecule has 0 saturated heterocycles. The zero-order valence-corrected chi connectivity index (χ0v) is 20.9. The molecule has 0 bridgehead atoms. The molecule has 0 amide bonds. The number of aromatic nitrogens is 2. The molecular formula is C26H23ClN4O3S. The molecule has 3 aromatic carbocycles. The van der Waals surface area contributed by atoms with Crippen LogP contribution in [0.3, 0.4) is 0 Å². The molecule has 1 aromatic heterocycles. The first-order valence-corrected chi connectivity index (χ1v) is 11.6. The third-order valence-corrected chi connectivity index (χ3v) is 6.35. The average molecular weight is 507 g/mol. The Kier molecular flexibility index (Phi) is 6.23. The number of halogens is 1. The van der Waals surface area contributed by atoms with Crippen LogP contribution in [-0.2, 0) is 0 Å². The summed E-state index contributed by atoms with van der Waals surface area (Å²) in [5.41, 5.74) is 5.24. The fourth-order valence-corrected chi connectivity index (χ4v) is 4.60. The predicted octanol–water partition coefficient (Wildman–Crippen LogP) is 5.33. The number of para-hydroxylation sites is 2. The summed E-state index contributed by atoms with van der Waals surface area (Å²) in [5.74, 6) is 2.29. The molecule has 178 valence electrons. The maximum atomic E-state index is 6.18. The third-order valence-electron chi connectivity index (χ3n) is 5.87. The molecule has 0 radical (unpaired) electrons. The molecule has 0 unspecified atom stereocenters. The van der Waals surface area contributed by atoms with Crippen LogP contribution < -0.4 is 24.8 Å². The minimum atomic E-state index is -0.296. The Bertz CT molecular complexity index is 1390. The number of ether oxygens (including phenoxy) is 3. The van der Waals surface area contributed by atoms with Gasteiger partial charge in [-0.2, -0.15) is 0 Å². The van der Waals surface area contributed by atoms with E-state index in [2.05, 4.69) is 15.6 Å². The number of H-pyrrole nitrogens is 1. The average Bonchev–Trinajstić information content (AvgIpc) is 3.31. The molecule has 35 heavy (non-hydrogen) atoms. The van der Waals surface area contributed by atoms with E-state index in [-0.39, 0.29) is 6.04 Å². The number of aromatic amines is 1. The topological polar surface area (TPSA) is 80.4 Å². The summed E-state index contributed by atoms with van der Waals surface area (Å²) in [6.45, 7) is 0. The number of benzene rings is 3. The molecule has 4 aromatic rings. The van der Waals surface area contributed by atoms with Crippen molar-refractivity contribution in [2.45, 2.75) is 6.04 Å². The lowest BCUT2D eigenvalue weighted by molar-refractivity contribution is 0.324. The first kappa shape index (κ1) is 23.0. The van der Waals surface area contributed by atoms with Crippen molar-refractivity contribution in [2.24, 2.45) is 0 Å². The maximum absolute atomic E-state index is 6.18. The van der Waals surface area contributed by atoms with Crippen molar-refractivity contribution in [1.82, 2.24) is 20.6 Å². The summed E-state index contributed by atoms with van der Waals surface area (Å²) in [6.07, 6.45) is 0. The number of nitrogens with one attached hydrogen (secondary N) is 3. The van der Waals surface area contributed by atoms with Gasteiger partial charge in [0.1, 0.15) is 5.82 Å². The summed E-state index contributed by atoms with van der Waals surface area (Å²) in [5, 5.41) is 7.87. The van der Waals surface area contributed by atoms with Gasteiger partial charge in [-0.15, -0.1) is 0 Å². The first-order valence-electron chi connectivity index (χ1n) is 10.8. The smallest absolute Gasteiger partial charge is 0.203 e. The summed E-state index contributed by atoms with van der Waals surface area (Å²) >= 11 is 11.8. The molecule has 2 heterocycles. The molecule has 1 atom stereocenters. The fraction of sp³-hybridized carbons (Fsp3) is 0.154. The number of methoxy groups -OCH3 is 3. The van der Waals surface area contributed by atoms with Crippen LogP contribution in [0.4, 0.5) is 0 Å². The number of hydrogen-bond acceptors (Lipinski definition) is 5. The Balaban J connectivity index is 1.80. The van der Waals surface area contributed by atoms with Gasteiger partial charge in [-0.05, 0) is 54.2 Å². The van der Waals surface area contributed by atoms with E-state index in [1.807, 2.05) is 60.7 Å². The molecule has 1 aliphatic heterocycles. The number of hydrogen-bond donors (Lipinski definition) is 3. The molecule has 0 spiro atoms. The van der Waals surface area contributed by atoms with E-state index >= 15 is 0 Å². The van der Waals surface area contributed by atoms with Gasteiger partial charge in [0.15, 0.2) is 16.6 Å². The minimum absolute atomic E-state index is 0.296.